The van der Waals surface area contributed by atoms with E-state index in [0.717, 1.165) is 58.8 Å². The zero-order chi connectivity index (χ0) is 12.3. The van der Waals surface area contributed by atoms with Crippen LogP contribution in [0.1, 0.15) is 19.8 Å². The van der Waals surface area contributed by atoms with Crippen LogP contribution in [0.4, 0.5) is 0 Å². The van der Waals surface area contributed by atoms with Gasteiger partial charge in [0.1, 0.15) is 0 Å². The zero-order valence-electron chi connectivity index (χ0n) is 10.7. The first-order valence-electron chi connectivity index (χ1n) is 6.42. The van der Waals surface area contributed by atoms with E-state index in [9.17, 15) is 0 Å². The Kier molecular flexibility index (Phi) is 7.70. The summed E-state index contributed by atoms with van der Waals surface area (Å²) in [5, 5.41) is 3.21. The smallest absolute Gasteiger partial charge is 0.205 e. The molecule has 100 valence electrons. The maximum absolute atomic E-state index is 5.40. The molecule has 4 N–H and O–H groups in total. The second-order valence-corrected chi connectivity index (χ2v) is 4.11. The van der Waals surface area contributed by atoms with Crippen LogP contribution in [0.15, 0.2) is 4.99 Å². The van der Waals surface area contributed by atoms with Gasteiger partial charge >= 0.3 is 0 Å². The lowest BCUT2D eigenvalue weighted by Crippen LogP contribution is -2.46. The van der Waals surface area contributed by atoms with Crippen LogP contribution in [0.25, 0.3) is 0 Å². The molecule has 0 saturated carbocycles. The molecule has 1 saturated heterocycles. The second-order valence-electron chi connectivity index (χ2n) is 4.11. The van der Waals surface area contributed by atoms with Crippen molar-refractivity contribution in [2.75, 3.05) is 45.9 Å². The first kappa shape index (κ1) is 14.2. The van der Waals surface area contributed by atoms with E-state index in [2.05, 4.69) is 27.6 Å². The highest BCUT2D eigenvalue weighted by Gasteiger charge is 2.09. The number of rotatable bonds is 6. The molecule has 0 aromatic heterocycles. The normalized spacial score (nSPS) is 18.1. The third kappa shape index (κ3) is 6.45. The van der Waals surface area contributed by atoms with Gasteiger partial charge in [-0.25, -0.2) is 5.84 Å². The van der Waals surface area contributed by atoms with Crippen molar-refractivity contribution in [2.45, 2.75) is 19.8 Å². The molecule has 1 heterocycles. The molecule has 6 heteroatoms. The van der Waals surface area contributed by atoms with Crippen LogP contribution in [0.2, 0.25) is 0 Å². The zero-order valence-corrected chi connectivity index (χ0v) is 10.7. The predicted octanol–water partition coefficient (Wildman–Crippen LogP) is -0.472. The molecule has 6 nitrogen and oxygen atoms in total. The van der Waals surface area contributed by atoms with E-state index in [0.29, 0.717) is 5.96 Å². The van der Waals surface area contributed by atoms with Crippen molar-refractivity contribution < 1.29 is 4.74 Å². The van der Waals surface area contributed by atoms with E-state index >= 15 is 0 Å². The van der Waals surface area contributed by atoms with Gasteiger partial charge in [0.05, 0.1) is 13.2 Å². The summed E-state index contributed by atoms with van der Waals surface area (Å²) in [6.45, 7) is 8.53. The van der Waals surface area contributed by atoms with Gasteiger partial charge in [-0.2, -0.15) is 0 Å². The molecule has 1 fully saturated rings. The number of morpholine rings is 1. The fourth-order valence-electron chi connectivity index (χ4n) is 1.66. The van der Waals surface area contributed by atoms with Gasteiger partial charge in [-0.05, 0) is 6.42 Å². The average molecular weight is 243 g/mol. The van der Waals surface area contributed by atoms with Crippen molar-refractivity contribution in [3.8, 4) is 0 Å². The number of nitrogens with two attached hydrogens (primary N) is 1. The Hall–Kier alpha value is -0.850. The number of hydrazine groups is 1. The van der Waals surface area contributed by atoms with E-state index in [1.54, 1.807) is 0 Å². The van der Waals surface area contributed by atoms with Crippen LogP contribution in [0, 0.1) is 0 Å². The topological polar surface area (TPSA) is 74.9 Å². The quantitative estimate of drug-likeness (QED) is 0.193. The lowest BCUT2D eigenvalue weighted by Gasteiger charge is -2.26. The van der Waals surface area contributed by atoms with Gasteiger partial charge in [0.25, 0.3) is 0 Å². The van der Waals surface area contributed by atoms with Crippen molar-refractivity contribution in [1.82, 2.24) is 15.6 Å². The van der Waals surface area contributed by atoms with Gasteiger partial charge in [-0.3, -0.25) is 15.3 Å². The Labute approximate surface area is 104 Å². The minimum absolute atomic E-state index is 0.687. The fourth-order valence-corrected chi connectivity index (χ4v) is 1.66. The van der Waals surface area contributed by atoms with E-state index in [4.69, 9.17) is 10.6 Å². The summed E-state index contributed by atoms with van der Waals surface area (Å²) in [7, 11) is 0. The highest BCUT2D eigenvalue weighted by atomic mass is 16.5. The third-order valence-electron chi connectivity index (χ3n) is 2.74. The molecule has 0 aliphatic carbocycles. The van der Waals surface area contributed by atoms with Crippen LogP contribution in [-0.2, 0) is 4.74 Å². The highest BCUT2D eigenvalue weighted by Crippen LogP contribution is 1.94. The second kappa shape index (κ2) is 9.21. The number of aliphatic imine (C=N–C) groups is 1. The highest BCUT2D eigenvalue weighted by molar-refractivity contribution is 5.79. The predicted molar refractivity (Wildman–Crippen MR) is 69.8 cm³/mol. The van der Waals surface area contributed by atoms with Crippen molar-refractivity contribution in [1.29, 1.82) is 0 Å². The van der Waals surface area contributed by atoms with Gasteiger partial charge in [-0.15, -0.1) is 0 Å². The Bertz CT molecular complexity index is 216. The van der Waals surface area contributed by atoms with E-state index in [-0.39, 0.29) is 0 Å². The molecule has 0 bridgehead atoms. The maximum atomic E-state index is 5.40. The number of hydrogen-bond acceptors (Lipinski definition) is 4. The molecular formula is C11H25N5O. The van der Waals surface area contributed by atoms with Crippen LogP contribution in [0.3, 0.4) is 0 Å². The van der Waals surface area contributed by atoms with E-state index in [1.165, 1.54) is 0 Å². The minimum Gasteiger partial charge on any atom is -0.379 e. The fraction of sp³-hybridized carbons (Fsp3) is 0.909. The molecule has 0 aromatic carbocycles. The monoisotopic (exact) mass is 243 g/mol. The van der Waals surface area contributed by atoms with Crippen LogP contribution < -0.4 is 16.6 Å². The largest absolute Gasteiger partial charge is 0.379 e. The number of hydrogen-bond donors (Lipinski definition) is 3. The van der Waals surface area contributed by atoms with Crippen molar-refractivity contribution in [3.05, 3.63) is 0 Å². The van der Waals surface area contributed by atoms with Crippen LogP contribution >= 0.6 is 0 Å². The number of ether oxygens (including phenoxy) is 1. The van der Waals surface area contributed by atoms with Crippen LogP contribution in [-0.4, -0.2) is 56.8 Å². The molecule has 1 rings (SSSR count). The molecule has 0 atom stereocenters. The van der Waals surface area contributed by atoms with Gasteiger partial charge in [0, 0.05) is 32.7 Å². The summed E-state index contributed by atoms with van der Waals surface area (Å²) < 4.78 is 5.30. The summed E-state index contributed by atoms with van der Waals surface area (Å²) in [6, 6.07) is 0. The molecule has 0 radical (unpaired) electrons. The number of nitrogens with zero attached hydrogens (tertiary/aromatic N) is 2. The lowest BCUT2D eigenvalue weighted by molar-refractivity contribution is 0.0389. The van der Waals surface area contributed by atoms with Gasteiger partial charge in [0.15, 0.2) is 0 Å². The van der Waals surface area contributed by atoms with Crippen molar-refractivity contribution >= 4 is 5.96 Å². The molecule has 0 unspecified atom stereocenters. The Balaban J connectivity index is 2.11. The Morgan fingerprint density at radius 3 is 2.82 bits per heavy atom. The molecule has 0 amide bonds. The Morgan fingerprint density at radius 1 is 1.41 bits per heavy atom. The van der Waals surface area contributed by atoms with Crippen LogP contribution in [0.5, 0.6) is 0 Å². The maximum Gasteiger partial charge on any atom is 0.205 e. The average Bonchev–Trinajstić information content (AvgIpc) is 2.38. The summed E-state index contributed by atoms with van der Waals surface area (Å²) in [5.74, 6) is 6.08. The van der Waals surface area contributed by atoms with Gasteiger partial charge in [0.2, 0.25) is 5.96 Å². The number of guanidine groups is 1. The lowest BCUT2D eigenvalue weighted by atomic mass is 10.3. The van der Waals surface area contributed by atoms with Gasteiger partial charge in [-0.1, -0.05) is 13.3 Å². The SMILES string of the molecule is CCCCN=C(NN)NCCN1CCOCC1. The molecular weight excluding hydrogens is 218 g/mol. The first-order valence-corrected chi connectivity index (χ1v) is 6.42. The summed E-state index contributed by atoms with van der Waals surface area (Å²) in [5.41, 5.74) is 2.59. The molecule has 1 aliphatic rings. The standard InChI is InChI=1S/C11H25N5O/c1-2-3-4-13-11(15-12)14-5-6-16-7-9-17-10-8-16/h2-10,12H2,1H3,(H2,13,14,15). The molecule has 0 spiro atoms. The molecule has 0 aromatic rings. The molecule has 1 aliphatic heterocycles. The summed E-state index contributed by atoms with van der Waals surface area (Å²) in [6.07, 6.45) is 2.24. The minimum atomic E-state index is 0.687. The number of nitrogens with one attached hydrogen (secondary N) is 2. The first-order chi connectivity index (χ1) is 8.36. The Morgan fingerprint density at radius 2 is 2.18 bits per heavy atom. The van der Waals surface area contributed by atoms with Crippen molar-refractivity contribution in [3.63, 3.8) is 0 Å². The van der Waals surface area contributed by atoms with E-state index in [1.807, 2.05) is 0 Å². The third-order valence-corrected chi connectivity index (χ3v) is 2.74. The number of unbranched alkanes of at least 4 members (excludes halogenated alkanes) is 1. The van der Waals surface area contributed by atoms with E-state index < -0.39 is 0 Å². The van der Waals surface area contributed by atoms with Crippen molar-refractivity contribution in [2.24, 2.45) is 10.8 Å². The molecule has 17 heavy (non-hydrogen) atoms. The summed E-state index contributed by atoms with van der Waals surface area (Å²) in [4.78, 5) is 6.71. The van der Waals surface area contributed by atoms with Gasteiger partial charge < -0.3 is 10.1 Å². The summed E-state index contributed by atoms with van der Waals surface area (Å²) >= 11 is 0.